The van der Waals surface area contributed by atoms with Crippen LogP contribution in [-0.2, 0) is 35.4 Å². The van der Waals surface area contributed by atoms with E-state index >= 15 is 0 Å². The molecule has 8 heavy (non-hydrogen) atoms. The second kappa shape index (κ2) is 5.15. The van der Waals surface area contributed by atoms with E-state index in [1.54, 1.807) is 0 Å². The Hall–Kier alpha value is 0.0101. The number of carboxylic acid groups (broad SMARTS) is 1. The van der Waals surface area contributed by atoms with E-state index in [2.05, 4.69) is 0 Å². The Balaban J connectivity index is 0. The molecule has 0 aromatic rings. The number of aliphatic carboxylic acids is 1. The zero-order valence-corrected chi connectivity index (χ0v) is 8.06. The van der Waals surface area contributed by atoms with Gasteiger partial charge in [-0.1, -0.05) is 0 Å². The first kappa shape index (κ1) is 10.9. The van der Waals surface area contributed by atoms with Gasteiger partial charge in [0.05, 0.1) is 0 Å². The van der Waals surface area contributed by atoms with Gasteiger partial charge in [-0.3, -0.25) is 9.59 Å². The van der Waals surface area contributed by atoms with Gasteiger partial charge >= 0.3 is 5.97 Å². The maximum absolute atomic E-state index is 9.87. The van der Waals surface area contributed by atoms with E-state index in [0.29, 0.717) is 0 Å². The first-order valence-corrected chi connectivity index (χ1v) is 1.84. The maximum atomic E-state index is 9.87. The molecular weight excluding hydrogens is 275 g/mol. The molecule has 1 N–H and O–H groups in total. The van der Waals surface area contributed by atoms with Crippen LogP contribution >= 0.6 is 0 Å². The smallest absolute Gasteiger partial charge is 0.310 e. The normalized spacial score (nSPS) is 7.12. The van der Waals surface area contributed by atoms with Crippen LogP contribution < -0.4 is 0 Å². The number of hydrogen-bond acceptors (Lipinski definition) is 2. The van der Waals surface area contributed by atoms with Crippen LogP contribution in [0.5, 0.6) is 0 Å². The van der Waals surface area contributed by atoms with Crippen LogP contribution in [0.25, 0.3) is 0 Å². The van der Waals surface area contributed by atoms with Gasteiger partial charge in [-0.25, -0.2) is 0 Å². The fourth-order valence-electron chi connectivity index (χ4n) is 0.213. The molecule has 0 aliphatic rings. The van der Waals surface area contributed by atoms with Crippen LogP contribution in [0.2, 0.25) is 0 Å². The van der Waals surface area contributed by atoms with E-state index < -0.39 is 5.97 Å². The minimum Gasteiger partial charge on any atom is -0.481 e. The molecular formula is C4H6HfO3. The molecule has 0 aromatic heterocycles. The number of hydrogen-bond donors (Lipinski definition) is 1. The molecule has 0 bridgehead atoms. The molecule has 0 saturated carbocycles. The standard InChI is InChI=1S/C4H6O3.Hf/c1-3(5)2-4(6)7;/h2H2,1H3,(H,6,7);. The molecule has 0 unspecified atom stereocenters. The summed E-state index contributed by atoms with van der Waals surface area (Å²) < 4.78 is 0. The van der Waals surface area contributed by atoms with E-state index in [-0.39, 0.29) is 38.0 Å². The van der Waals surface area contributed by atoms with Crippen molar-refractivity contribution in [3.63, 3.8) is 0 Å². The molecule has 44 valence electrons. The zero-order chi connectivity index (χ0) is 5.86. The molecule has 0 radical (unpaired) electrons. The summed E-state index contributed by atoms with van der Waals surface area (Å²) in [5, 5.41) is 7.86. The van der Waals surface area contributed by atoms with Crippen molar-refractivity contribution in [3.8, 4) is 0 Å². The predicted molar refractivity (Wildman–Crippen MR) is 22.9 cm³/mol. The van der Waals surface area contributed by atoms with Crippen LogP contribution in [0.1, 0.15) is 13.3 Å². The summed E-state index contributed by atoms with van der Waals surface area (Å²) in [7, 11) is 0. The number of carbonyl (C=O) groups excluding carboxylic acids is 1. The Kier molecular flexibility index (Phi) is 7.02. The van der Waals surface area contributed by atoms with Gasteiger partial charge in [0, 0.05) is 25.8 Å². The Labute approximate surface area is 65.9 Å². The second-order valence-electron chi connectivity index (χ2n) is 1.27. The minimum absolute atomic E-state index is 0. The first-order chi connectivity index (χ1) is 3.13. The Morgan fingerprint density at radius 1 is 1.50 bits per heavy atom. The van der Waals surface area contributed by atoms with E-state index in [1.165, 1.54) is 6.92 Å². The van der Waals surface area contributed by atoms with Gasteiger partial charge in [-0.05, 0) is 6.92 Å². The molecule has 0 atom stereocenters. The quantitative estimate of drug-likeness (QED) is 0.574. The van der Waals surface area contributed by atoms with Gasteiger partial charge in [0.15, 0.2) is 0 Å². The first-order valence-electron chi connectivity index (χ1n) is 1.84. The van der Waals surface area contributed by atoms with Crippen molar-refractivity contribution in [2.24, 2.45) is 0 Å². The van der Waals surface area contributed by atoms with E-state index in [0.717, 1.165) is 0 Å². The number of carbonyl (C=O) groups is 2. The van der Waals surface area contributed by atoms with Gasteiger partial charge in [-0.15, -0.1) is 0 Å². The SMILES string of the molecule is CC(=O)CC(=O)O.[Hf]. The molecule has 3 nitrogen and oxygen atoms in total. The van der Waals surface area contributed by atoms with Crippen molar-refractivity contribution in [2.45, 2.75) is 13.3 Å². The molecule has 4 heteroatoms. The van der Waals surface area contributed by atoms with Crippen molar-refractivity contribution in [2.75, 3.05) is 0 Å². The van der Waals surface area contributed by atoms with Crippen molar-refractivity contribution >= 4 is 11.8 Å². The summed E-state index contributed by atoms with van der Waals surface area (Å²) in [6, 6.07) is 0. The summed E-state index contributed by atoms with van der Waals surface area (Å²) in [5.41, 5.74) is 0. The van der Waals surface area contributed by atoms with Gasteiger partial charge in [-0.2, -0.15) is 0 Å². The van der Waals surface area contributed by atoms with Crippen LogP contribution in [0.3, 0.4) is 0 Å². The van der Waals surface area contributed by atoms with E-state index in [9.17, 15) is 9.59 Å². The Morgan fingerprint density at radius 2 is 1.88 bits per heavy atom. The molecule has 0 aliphatic heterocycles. The molecule has 0 spiro atoms. The Bertz CT molecular complexity index is 87.5. The summed E-state index contributed by atoms with van der Waals surface area (Å²) in [6.07, 6.45) is -0.361. The fourth-order valence-corrected chi connectivity index (χ4v) is 0.213. The third kappa shape index (κ3) is 9.38. The van der Waals surface area contributed by atoms with E-state index in [1.807, 2.05) is 0 Å². The number of ketones is 1. The molecule has 0 saturated heterocycles. The minimum atomic E-state index is -1.06. The largest absolute Gasteiger partial charge is 0.481 e. The van der Waals surface area contributed by atoms with Crippen molar-refractivity contribution in [3.05, 3.63) is 0 Å². The number of carboxylic acids is 1. The van der Waals surface area contributed by atoms with Crippen LogP contribution in [0, 0.1) is 0 Å². The molecule has 0 fully saturated rings. The summed E-state index contributed by atoms with van der Waals surface area (Å²) >= 11 is 0. The molecule has 0 aromatic carbocycles. The summed E-state index contributed by atoms with van der Waals surface area (Å²) in [4.78, 5) is 19.5. The van der Waals surface area contributed by atoms with Gasteiger partial charge in [0.25, 0.3) is 0 Å². The third-order valence-corrected chi connectivity index (χ3v) is 0.400. The molecule has 0 amide bonds. The second-order valence-corrected chi connectivity index (χ2v) is 1.27. The topological polar surface area (TPSA) is 54.4 Å². The average Bonchev–Trinajstić information content (AvgIpc) is 1.27. The predicted octanol–water partition coefficient (Wildman–Crippen LogP) is 0.0476. The van der Waals surface area contributed by atoms with Crippen LogP contribution in [0.4, 0.5) is 0 Å². The zero-order valence-electron chi connectivity index (χ0n) is 4.47. The van der Waals surface area contributed by atoms with Crippen molar-refractivity contribution in [1.82, 2.24) is 0 Å². The van der Waals surface area contributed by atoms with Gasteiger partial charge in [0.2, 0.25) is 0 Å². The molecule has 0 heterocycles. The summed E-state index contributed by atoms with van der Waals surface area (Å²) in [6.45, 7) is 1.24. The van der Waals surface area contributed by atoms with Crippen LogP contribution in [0.15, 0.2) is 0 Å². The van der Waals surface area contributed by atoms with Gasteiger partial charge in [0.1, 0.15) is 12.2 Å². The van der Waals surface area contributed by atoms with Crippen molar-refractivity contribution in [1.29, 1.82) is 0 Å². The number of Topliss-reactive ketones (excluding diaryl/α,β-unsaturated/α-hetero) is 1. The monoisotopic (exact) mass is 282 g/mol. The fraction of sp³-hybridized carbons (Fsp3) is 0.500. The molecule has 0 aliphatic carbocycles. The average molecular weight is 281 g/mol. The van der Waals surface area contributed by atoms with Gasteiger partial charge < -0.3 is 5.11 Å². The van der Waals surface area contributed by atoms with E-state index in [4.69, 9.17) is 5.11 Å². The number of rotatable bonds is 2. The summed E-state index contributed by atoms with van der Waals surface area (Å²) in [5.74, 6) is -1.37. The van der Waals surface area contributed by atoms with Crippen molar-refractivity contribution < 1.29 is 40.5 Å². The maximum Gasteiger partial charge on any atom is 0.310 e. The molecule has 0 rings (SSSR count). The third-order valence-electron chi connectivity index (χ3n) is 0.400. The van der Waals surface area contributed by atoms with Crippen LogP contribution in [-0.4, -0.2) is 16.9 Å². The Morgan fingerprint density at radius 3 is 1.88 bits per heavy atom.